The van der Waals surface area contributed by atoms with Crippen LogP contribution in [-0.4, -0.2) is 24.5 Å². The van der Waals surface area contributed by atoms with Gasteiger partial charge in [-0.1, -0.05) is 17.4 Å². The molecule has 0 bridgehead atoms. The van der Waals surface area contributed by atoms with Crippen molar-refractivity contribution in [2.24, 2.45) is 0 Å². The van der Waals surface area contributed by atoms with Crippen LogP contribution in [-0.2, 0) is 0 Å². The van der Waals surface area contributed by atoms with Crippen LogP contribution >= 0.6 is 23.1 Å². The van der Waals surface area contributed by atoms with E-state index in [2.05, 4.69) is 29.8 Å². The molecule has 1 aliphatic heterocycles. The molecule has 0 fully saturated rings. The summed E-state index contributed by atoms with van der Waals surface area (Å²) in [4.78, 5) is 5.90. The number of ether oxygens (including phenoxy) is 2. The smallest absolute Gasteiger partial charge is 0.188 e. The van der Waals surface area contributed by atoms with Gasteiger partial charge in [-0.05, 0) is 30.5 Å². The van der Waals surface area contributed by atoms with Crippen molar-refractivity contribution >= 4 is 44.1 Å². The first kappa shape index (κ1) is 13.7. The highest BCUT2D eigenvalue weighted by Crippen LogP contribution is 2.36. The number of hydrogen-bond donors (Lipinski definition) is 1. The number of rotatable bonds is 3. The lowest BCUT2D eigenvalue weighted by Gasteiger charge is -2.18. The molecule has 0 aliphatic carbocycles. The minimum absolute atomic E-state index is 0.592. The lowest BCUT2D eigenvalue weighted by atomic mass is 10.2. The number of thiazole rings is 1. The van der Waals surface area contributed by atoms with Gasteiger partial charge in [0, 0.05) is 16.6 Å². The Bertz CT molecular complexity index is 832. The molecule has 4 rings (SSSR count). The number of benzene rings is 2. The van der Waals surface area contributed by atoms with Crippen molar-refractivity contribution in [2.45, 2.75) is 4.90 Å². The van der Waals surface area contributed by atoms with Gasteiger partial charge >= 0.3 is 0 Å². The van der Waals surface area contributed by atoms with E-state index in [4.69, 9.17) is 14.5 Å². The van der Waals surface area contributed by atoms with Gasteiger partial charge in [0.25, 0.3) is 0 Å². The number of fused-ring (bicyclic) bond motifs is 2. The van der Waals surface area contributed by atoms with E-state index in [-0.39, 0.29) is 0 Å². The van der Waals surface area contributed by atoms with Crippen molar-refractivity contribution in [1.29, 1.82) is 0 Å². The Morgan fingerprint density at radius 1 is 1.14 bits per heavy atom. The first-order chi connectivity index (χ1) is 10.8. The summed E-state index contributed by atoms with van der Waals surface area (Å²) in [6, 6.07) is 12.1. The second-order valence-corrected chi connectivity index (χ2v) is 6.69. The molecule has 6 heteroatoms. The minimum atomic E-state index is 0.592. The molecule has 4 nitrogen and oxygen atoms in total. The number of para-hydroxylation sites is 1. The standard InChI is InChI=1S/C16H14N2O2S2/c1-21-13-3-2-4-14-15(13)18-16(22-14)17-10-5-6-11-12(9-10)20-8-7-19-11/h2-6,9H,7-8H2,1H3,(H,17,18). The highest BCUT2D eigenvalue weighted by molar-refractivity contribution is 7.98. The zero-order valence-corrected chi connectivity index (χ0v) is 13.6. The van der Waals surface area contributed by atoms with E-state index < -0.39 is 0 Å². The Morgan fingerprint density at radius 3 is 2.86 bits per heavy atom. The third-order valence-corrected chi connectivity index (χ3v) is 5.10. The maximum atomic E-state index is 5.61. The number of anilines is 2. The zero-order valence-electron chi connectivity index (χ0n) is 12.0. The molecule has 2 heterocycles. The van der Waals surface area contributed by atoms with Gasteiger partial charge in [0.2, 0.25) is 0 Å². The van der Waals surface area contributed by atoms with Crippen LogP contribution in [0.15, 0.2) is 41.3 Å². The zero-order chi connectivity index (χ0) is 14.9. The van der Waals surface area contributed by atoms with E-state index >= 15 is 0 Å². The van der Waals surface area contributed by atoms with Crippen molar-refractivity contribution in [3.8, 4) is 11.5 Å². The molecule has 0 radical (unpaired) electrons. The SMILES string of the molecule is CSc1cccc2sc(Nc3ccc4c(c3)OCCO4)nc12. The van der Waals surface area contributed by atoms with Crippen LogP contribution in [0.4, 0.5) is 10.8 Å². The molecule has 0 spiro atoms. The average molecular weight is 330 g/mol. The fraction of sp³-hybridized carbons (Fsp3) is 0.188. The predicted octanol–water partition coefficient (Wildman–Crippen LogP) is 4.53. The Balaban J connectivity index is 1.66. The molecule has 0 saturated heterocycles. The maximum Gasteiger partial charge on any atom is 0.188 e. The highest BCUT2D eigenvalue weighted by Gasteiger charge is 2.13. The first-order valence-corrected chi connectivity index (χ1v) is 8.98. The van der Waals surface area contributed by atoms with Crippen molar-refractivity contribution < 1.29 is 9.47 Å². The Labute approximate surface area is 136 Å². The van der Waals surface area contributed by atoms with Gasteiger partial charge in [-0.25, -0.2) is 4.98 Å². The molecule has 1 aliphatic rings. The second kappa shape index (κ2) is 5.70. The molecule has 1 N–H and O–H groups in total. The molecule has 2 aromatic carbocycles. The summed E-state index contributed by atoms with van der Waals surface area (Å²) in [7, 11) is 0. The molecule has 3 aromatic rings. The summed E-state index contributed by atoms with van der Waals surface area (Å²) in [5, 5.41) is 4.24. The predicted molar refractivity (Wildman–Crippen MR) is 92.1 cm³/mol. The number of aromatic nitrogens is 1. The summed E-state index contributed by atoms with van der Waals surface area (Å²) in [5.74, 6) is 1.58. The van der Waals surface area contributed by atoms with E-state index in [1.165, 1.54) is 9.60 Å². The maximum absolute atomic E-state index is 5.61. The first-order valence-electron chi connectivity index (χ1n) is 6.94. The minimum Gasteiger partial charge on any atom is -0.486 e. The van der Waals surface area contributed by atoms with Crippen LogP contribution in [0.5, 0.6) is 11.5 Å². The fourth-order valence-corrected chi connectivity index (χ4v) is 3.93. The molecule has 22 heavy (non-hydrogen) atoms. The highest BCUT2D eigenvalue weighted by atomic mass is 32.2. The number of nitrogens with one attached hydrogen (secondary N) is 1. The van der Waals surface area contributed by atoms with Gasteiger partial charge in [-0.15, -0.1) is 11.8 Å². The van der Waals surface area contributed by atoms with Crippen LogP contribution in [0, 0.1) is 0 Å². The van der Waals surface area contributed by atoms with Crippen LogP contribution in [0.25, 0.3) is 10.2 Å². The fourth-order valence-electron chi connectivity index (χ4n) is 2.39. The molecule has 0 amide bonds. The topological polar surface area (TPSA) is 43.4 Å². The lowest BCUT2D eigenvalue weighted by molar-refractivity contribution is 0.171. The van der Waals surface area contributed by atoms with Crippen LogP contribution in [0.2, 0.25) is 0 Å². The van der Waals surface area contributed by atoms with Crippen molar-refractivity contribution in [2.75, 3.05) is 24.8 Å². The third-order valence-electron chi connectivity index (χ3n) is 3.40. The van der Waals surface area contributed by atoms with Gasteiger partial charge in [0.1, 0.15) is 13.2 Å². The summed E-state index contributed by atoms with van der Waals surface area (Å²) in [6.45, 7) is 1.20. The van der Waals surface area contributed by atoms with E-state index in [9.17, 15) is 0 Å². The Hall–Kier alpha value is -1.92. The van der Waals surface area contributed by atoms with Gasteiger partial charge in [0.05, 0.1) is 10.2 Å². The van der Waals surface area contributed by atoms with E-state index in [1.54, 1.807) is 23.1 Å². The van der Waals surface area contributed by atoms with E-state index in [0.29, 0.717) is 13.2 Å². The van der Waals surface area contributed by atoms with E-state index in [1.807, 2.05) is 18.2 Å². The van der Waals surface area contributed by atoms with Crippen molar-refractivity contribution in [3.05, 3.63) is 36.4 Å². The van der Waals surface area contributed by atoms with Gasteiger partial charge in [-0.2, -0.15) is 0 Å². The van der Waals surface area contributed by atoms with Gasteiger partial charge in [-0.3, -0.25) is 0 Å². The average Bonchev–Trinajstić information content (AvgIpc) is 2.97. The molecular weight excluding hydrogens is 316 g/mol. The van der Waals surface area contributed by atoms with Gasteiger partial charge < -0.3 is 14.8 Å². The molecule has 0 atom stereocenters. The number of nitrogens with zero attached hydrogens (tertiary/aromatic N) is 1. The van der Waals surface area contributed by atoms with Crippen LogP contribution in [0.1, 0.15) is 0 Å². The van der Waals surface area contributed by atoms with Crippen LogP contribution < -0.4 is 14.8 Å². The molecule has 112 valence electrons. The second-order valence-electron chi connectivity index (χ2n) is 4.81. The van der Waals surface area contributed by atoms with Crippen molar-refractivity contribution in [3.63, 3.8) is 0 Å². The quantitative estimate of drug-likeness (QED) is 0.715. The van der Waals surface area contributed by atoms with Crippen LogP contribution in [0.3, 0.4) is 0 Å². The Morgan fingerprint density at radius 2 is 2.00 bits per heavy atom. The molecular formula is C16H14N2O2S2. The monoisotopic (exact) mass is 330 g/mol. The normalized spacial score (nSPS) is 13.3. The molecule has 0 saturated carbocycles. The van der Waals surface area contributed by atoms with Gasteiger partial charge in [0.15, 0.2) is 16.6 Å². The van der Waals surface area contributed by atoms with E-state index in [0.717, 1.165) is 27.8 Å². The summed E-state index contributed by atoms with van der Waals surface area (Å²) >= 11 is 3.37. The lowest BCUT2D eigenvalue weighted by Crippen LogP contribution is -2.15. The summed E-state index contributed by atoms with van der Waals surface area (Å²) in [6.07, 6.45) is 2.07. The van der Waals surface area contributed by atoms with Crippen molar-refractivity contribution in [1.82, 2.24) is 4.98 Å². The number of thioether (sulfide) groups is 1. The summed E-state index contributed by atoms with van der Waals surface area (Å²) in [5.41, 5.74) is 2.01. The third kappa shape index (κ3) is 2.48. The largest absolute Gasteiger partial charge is 0.486 e. The molecule has 0 unspecified atom stereocenters. The molecule has 1 aromatic heterocycles. The number of hydrogen-bond acceptors (Lipinski definition) is 6. The summed E-state index contributed by atoms with van der Waals surface area (Å²) < 4.78 is 12.3. The Kier molecular flexibility index (Phi) is 3.56.